The van der Waals surface area contributed by atoms with Gasteiger partial charge in [-0.05, 0) is 19.1 Å². The lowest BCUT2D eigenvalue weighted by Gasteiger charge is -2.18. The minimum absolute atomic E-state index is 0.0942. The lowest BCUT2D eigenvalue weighted by Crippen LogP contribution is -2.24. The minimum atomic E-state index is -0.0942. The molecule has 28 heavy (non-hydrogen) atoms. The zero-order chi connectivity index (χ0) is 19.3. The zero-order valence-electron chi connectivity index (χ0n) is 15.7. The monoisotopic (exact) mass is 375 g/mol. The van der Waals surface area contributed by atoms with Gasteiger partial charge in [-0.15, -0.1) is 0 Å². The molecule has 2 heterocycles. The summed E-state index contributed by atoms with van der Waals surface area (Å²) in [5.74, 6) is 2.77. The van der Waals surface area contributed by atoms with Crippen LogP contribution in [0, 0.1) is 0 Å². The summed E-state index contributed by atoms with van der Waals surface area (Å²) in [5, 5.41) is 7.66. The molecule has 1 unspecified atom stereocenters. The molecule has 0 spiro atoms. The molecule has 0 amide bonds. The lowest BCUT2D eigenvalue weighted by atomic mass is 10.1. The normalized spacial score (nSPS) is 11.9. The molecular weight excluding hydrogens is 354 g/mol. The van der Waals surface area contributed by atoms with Crippen molar-refractivity contribution in [2.45, 2.75) is 13.0 Å². The second-order valence-electron chi connectivity index (χ2n) is 6.32. The van der Waals surface area contributed by atoms with E-state index in [2.05, 4.69) is 20.4 Å². The highest BCUT2D eigenvalue weighted by Gasteiger charge is 2.12. The number of nitrogens with zero attached hydrogens (tertiary/aromatic N) is 4. The molecule has 1 N–H and O–H groups in total. The van der Waals surface area contributed by atoms with Crippen molar-refractivity contribution in [3.8, 4) is 22.8 Å². The van der Waals surface area contributed by atoms with Gasteiger partial charge in [-0.2, -0.15) is 14.6 Å². The van der Waals surface area contributed by atoms with E-state index in [4.69, 9.17) is 9.47 Å². The van der Waals surface area contributed by atoms with Crippen LogP contribution in [0.4, 0.5) is 5.82 Å². The number of ether oxygens (including phenoxy) is 2. The summed E-state index contributed by atoms with van der Waals surface area (Å²) < 4.78 is 13.0. The fraction of sp³-hybridized carbons (Fsp3) is 0.190. The number of benzene rings is 2. The summed E-state index contributed by atoms with van der Waals surface area (Å²) in [7, 11) is 1.63. The Kier molecular flexibility index (Phi) is 5.05. The van der Waals surface area contributed by atoms with Gasteiger partial charge in [0.2, 0.25) is 0 Å². The average molecular weight is 375 g/mol. The Labute approximate surface area is 163 Å². The molecule has 7 nitrogen and oxygen atoms in total. The van der Waals surface area contributed by atoms with Crippen molar-refractivity contribution in [2.24, 2.45) is 0 Å². The van der Waals surface area contributed by atoms with Gasteiger partial charge in [0.05, 0.1) is 19.3 Å². The van der Waals surface area contributed by atoms with Crippen LogP contribution in [0.2, 0.25) is 0 Å². The number of para-hydroxylation sites is 2. The van der Waals surface area contributed by atoms with E-state index in [9.17, 15) is 0 Å². The Morgan fingerprint density at radius 3 is 2.57 bits per heavy atom. The standard InChI is InChI=1S/C21H21N5O2/c1-15(28-19-11-7-6-10-18(19)27-2)13-22-20-12-17(16-8-4-3-5-9-16)25-21-23-14-24-26(20)21/h3-12,14-15,22H,13H2,1-2H3. The van der Waals surface area contributed by atoms with E-state index in [0.29, 0.717) is 23.8 Å². The van der Waals surface area contributed by atoms with Crippen molar-refractivity contribution in [1.29, 1.82) is 0 Å². The number of fused-ring (bicyclic) bond motifs is 1. The zero-order valence-corrected chi connectivity index (χ0v) is 15.7. The van der Waals surface area contributed by atoms with Gasteiger partial charge in [-0.25, -0.2) is 4.98 Å². The van der Waals surface area contributed by atoms with Gasteiger partial charge in [0, 0.05) is 11.6 Å². The van der Waals surface area contributed by atoms with Gasteiger partial charge in [0.1, 0.15) is 18.2 Å². The van der Waals surface area contributed by atoms with E-state index in [1.54, 1.807) is 11.6 Å². The molecule has 4 aromatic rings. The average Bonchev–Trinajstić information content (AvgIpc) is 3.22. The molecule has 1 atom stereocenters. The van der Waals surface area contributed by atoms with Crippen LogP contribution in [0.25, 0.3) is 17.0 Å². The van der Waals surface area contributed by atoms with Crippen molar-refractivity contribution in [3.05, 3.63) is 67.0 Å². The maximum atomic E-state index is 6.02. The fourth-order valence-electron chi connectivity index (χ4n) is 2.92. The first-order valence-corrected chi connectivity index (χ1v) is 9.04. The molecule has 0 aliphatic rings. The number of aromatic nitrogens is 4. The lowest BCUT2D eigenvalue weighted by molar-refractivity contribution is 0.223. The molecule has 0 fully saturated rings. The largest absolute Gasteiger partial charge is 0.493 e. The SMILES string of the molecule is COc1ccccc1OC(C)CNc1cc(-c2ccccc2)nc2ncnn12. The van der Waals surface area contributed by atoms with Gasteiger partial charge >= 0.3 is 0 Å². The second-order valence-corrected chi connectivity index (χ2v) is 6.32. The van der Waals surface area contributed by atoms with Crippen LogP contribution in [0.5, 0.6) is 11.5 Å². The molecule has 2 aromatic heterocycles. The summed E-state index contributed by atoms with van der Waals surface area (Å²) in [4.78, 5) is 8.82. The third-order valence-corrected chi connectivity index (χ3v) is 4.29. The fourth-order valence-corrected chi connectivity index (χ4v) is 2.92. The smallest absolute Gasteiger partial charge is 0.254 e. The van der Waals surface area contributed by atoms with Crippen LogP contribution in [0.1, 0.15) is 6.92 Å². The summed E-state index contributed by atoms with van der Waals surface area (Å²) in [5.41, 5.74) is 1.86. The third kappa shape index (κ3) is 3.73. The van der Waals surface area contributed by atoms with E-state index in [1.165, 1.54) is 6.33 Å². The van der Waals surface area contributed by atoms with Crippen LogP contribution in [0.3, 0.4) is 0 Å². The van der Waals surface area contributed by atoms with Gasteiger partial charge in [0.15, 0.2) is 11.5 Å². The molecule has 0 saturated carbocycles. The maximum absolute atomic E-state index is 6.02. The summed E-state index contributed by atoms with van der Waals surface area (Å²) >= 11 is 0. The molecule has 142 valence electrons. The second kappa shape index (κ2) is 7.96. The number of nitrogens with one attached hydrogen (secondary N) is 1. The third-order valence-electron chi connectivity index (χ3n) is 4.29. The van der Waals surface area contributed by atoms with Crippen LogP contribution < -0.4 is 14.8 Å². The Bertz CT molecular complexity index is 1060. The van der Waals surface area contributed by atoms with Crippen molar-refractivity contribution in [3.63, 3.8) is 0 Å². The number of methoxy groups -OCH3 is 1. The van der Waals surface area contributed by atoms with E-state index >= 15 is 0 Å². The predicted molar refractivity (Wildman–Crippen MR) is 108 cm³/mol. The molecule has 0 saturated heterocycles. The first-order valence-electron chi connectivity index (χ1n) is 9.04. The number of hydrogen-bond donors (Lipinski definition) is 1. The summed E-state index contributed by atoms with van der Waals surface area (Å²) in [6.45, 7) is 2.57. The maximum Gasteiger partial charge on any atom is 0.254 e. The topological polar surface area (TPSA) is 73.6 Å². The molecule has 2 aromatic carbocycles. The minimum Gasteiger partial charge on any atom is -0.493 e. The van der Waals surface area contributed by atoms with Crippen LogP contribution in [0.15, 0.2) is 67.0 Å². The first-order chi connectivity index (χ1) is 13.7. The van der Waals surface area contributed by atoms with E-state index in [-0.39, 0.29) is 6.10 Å². The molecule has 0 radical (unpaired) electrons. The number of hydrogen-bond acceptors (Lipinski definition) is 6. The van der Waals surface area contributed by atoms with Crippen molar-refractivity contribution in [1.82, 2.24) is 19.6 Å². The van der Waals surface area contributed by atoms with E-state index in [1.807, 2.05) is 67.6 Å². The molecule has 0 aliphatic heterocycles. The summed E-state index contributed by atoms with van der Waals surface area (Å²) in [6, 6.07) is 19.6. The van der Waals surface area contributed by atoms with Gasteiger partial charge in [-0.3, -0.25) is 0 Å². The number of anilines is 1. The highest BCUT2D eigenvalue weighted by molar-refractivity contribution is 5.65. The Morgan fingerprint density at radius 1 is 1.04 bits per heavy atom. The molecule has 0 aliphatic carbocycles. The van der Waals surface area contributed by atoms with E-state index in [0.717, 1.165) is 17.1 Å². The van der Waals surface area contributed by atoms with Gasteiger partial charge in [0.25, 0.3) is 5.78 Å². The predicted octanol–water partition coefficient (Wildman–Crippen LogP) is 3.68. The highest BCUT2D eigenvalue weighted by atomic mass is 16.5. The highest BCUT2D eigenvalue weighted by Crippen LogP contribution is 2.27. The van der Waals surface area contributed by atoms with Gasteiger partial charge < -0.3 is 14.8 Å². The number of rotatable bonds is 7. The molecular formula is C21H21N5O2. The van der Waals surface area contributed by atoms with Gasteiger partial charge in [-0.1, -0.05) is 42.5 Å². The van der Waals surface area contributed by atoms with E-state index < -0.39 is 0 Å². The Hall–Kier alpha value is -3.61. The summed E-state index contributed by atoms with van der Waals surface area (Å²) in [6.07, 6.45) is 1.40. The molecule has 7 heteroatoms. The van der Waals surface area contributed by atoms with Crippen molar-refractivity contribution in [2.75, 3.05) is 19.0 Å². The van der Waals surface area contributed by atoms with Crippen molar-refractivity contribution >= 4 is 11.6 Å². The quantitative estimate of drug-likeness (QED) is 0.531. The Morgan fingerprint density at radius 2 is 1.79 bits per heavy atom. The Balaban J connectivity index is 1.53. The van der Waals surface area contributed by atoms with Crippen LogP contribution >= 0.6 is 0 Å². The van der Waals surface area contributed by atoms with Crippen molar-refractivity contribution < 1.29 is 9.47 Å². The molecule has 4 rings (SSSR count). The first kappa shape index (κ1) is 17.8. The molecule has 0 bridgehead atoms. The van der Waals surface area contributed by atoms with Crippen LogP contribution in [-0.4, -0.2) is 39.3 Å². The van der Waals surface area contributed by atoms with Crippen LogP contribution in [-0.2, 0) is 0 Å².